The van der Waals surface area contributed by atoms with Crippen LogP contribution in [0.15, 0.2) is 139 Å². The van der Waals surface area contributed by atoms with E-state index in [4.69, 9.17) is 0 Å². The normalized spacial score (nSPS) is 24.7. The predicted octanol–water partition coefficient (Wildman–Crippen LogP) is 10.5. The molecule has 0 spiro atoms. The number of hydrogen-bond acceptors (Lipinski definition) is 6. The number of benzene rings is 9. The Morgan fingerprint density at radius 1 is 0.303 bits per heavy atom. The van der Waals surface area contributed by atoms with Gasteiger partial charge in [-0.05, 0) is 211 Å². The highest BCUT2D eigenvalue weighted by Crippen LogP contribution is 2.58. The second kappa shape index (κ2) is 11.6. The van der Waals surface area contributed by atoms with Crippen LogP contribution < -0.4 is 0 Å². The van der Waals surface area contributed by atoms with E-state index in [2.05, 4.69) is 103 Å². The van der Waals surface area contributed by atoms with Crippen molar-refractivity contribution in [1.29, 1.82) is 0 Å². The molecule has 6 nitrogen and oxygen atoms in total. The molecule has 0 heterocycles. The second-order valence-corrected chi connectivity index (χ2v) is 19.8. The Balaban J connectivity index is 0.823. The first-order chi connectivity index (χ1) is 32.2. The molecule has 7 unspecified atom stereocenters. The standard InChI is InChI=1S/C60H32O6/c61-55-49-37-13-25-5-1-2-6-26(25)14-38(37)50(56(55)62)42-18-30-10-34-22-46-45(21-33(34)9-29(30)17-41(42)49)53-47-23-35-11-31-19-43-44(20-32(31)12-36(35)24-48(47)54(46)60(66)59(53)65)52-40-16-28-8-4-3-7-27(28)15-39(40)51(43)57(63)58(52)64/h1-19,21-24,44,49-54H,20H2. The molecule has 6 bridgehead atoms. The molecule has 10 aliphatic carbocycles. The zero-order chi connectivity index (χ0) is 43.8. The zero-order valence-electron chi connectivity index (χ0n) is 35.0. The molecular formula is C60H32O6. The highest BCUT2D eigenvalue weighted by atomic mass is 16.2. The Hall–Kier alpha value is -7.96. The summed E-state index contributed by atoms with van der Waals surface area (Å²) in [6.45, 7) is 0. The number of hydrogen-bond donors (Lipinski definition) is 0. The van der Waals surface area contributed by atoms with Crippen LogP contribution in [0.1, 0.15) is 102 Å². The summed E-state index contributed by atoms with van der Waals surface area (Å²) >= 11 is 0. The van der Waals surface area contributed by atoms with Crippen LogP contribution >= 0.6 is 0 Å². The molecule has 0 saturated heterocycles. The van der Waals surface area contributed by atoms with Gasteiger partial charge >= 0.3 is 0 Å². The molecule has 0 aliphatic heterocycles. The Labute approximate surface area is 375 Å². The Bertz CT molecular complexity index is 4090. The number of ketones is 6. The van der Waals surface area contributed by atoms with Gasteiger partial charge in [0.1, 0.15) is 0 Å². The van der Waals surface area contributed by atoms with Crippen molar-refractivity contribution in [2.75, 3.05) is 0 Å². The van der Waals surface area contributed by atoms with Crippen molar-refractivity contribution in [3.8, 4) is 0 Å². The van der Waals surface area contributed by atoms with Crippen LogP contribution in [0, 0.1) is 5.92 Å². The lowest BCUT2D eigenvalue weighted by Crippen LogP contribution is -2.47. The van der Waals surface area contributed by atoms with Crippen LogP contribution in [0.2, 0.25) is 0 Å². The highest BCUT2D eigenvalue weighted by molar-refractivity contribution is 6.46. The van der Waals surface area contributed by atoms with Gasteiger partial charge in [0.15, 0.2) is 0 Å². The van der Waals surface area contributed by atoms with E-state index >= 15 is 0 Å². The molecule has 0 N–H and O–H groups in total. The number of allylic oxidation sites excluding steroid dienone is 1. The molecule has 308 valence electrons. The Kier molecular flexibility index (Phi) is 6.24. The van der Waals surface area contributed by atoms with Crippen LogP contribution in [0.3, 0.4) is 0 Å². The van der Waals surface area contributed by atoms with Crippen molar-refractivity contribution in [2.24, 2.45) is 5.92 Å². The monoisotopic (exact) mass is 848 g/mol. The maximum atomic E-state index is 14.1. The van der Waals surface area contributed by atoms with Gasteiger partial charge in [-0.15, -0.1) is 0 Å². The summed E-state index contributed by atoms with van der Waals surface area (Å²) in [7, 11) is 0. The molecule has 0 radical (unpaired) electrons. The summed E-state index contributed by atoms with van der Waals surface area (Å²) in [5, 5.41) is 9.90. The van der Waals surface area contributed by atoms with Gasteiger partial charge in [-0.25, -0.2) is 0 Å². The van der Waals surface area contributed by atoms with Gasteiger partial charge in [-0.3, -0.25) is 28.8 Å². The maximum Gasteiger partial charge on any atom is 0.211 e. The van der Waals surface area contributed by atoms with Crippen LogP contribution in [0.5, 0.6) is 0 Å². The van der Waals surface area contributed by atoms with Crippen molar-refractivity contribution in [1.82, 2.24) is 0 Å². The summed E-state index contributed by atoms with van der Waals surface area (Å²) in [6.07, 6.45) is 2.78. The van der Waals surface area contributed by atoms with Crippen molar-refractivity contribution in [3.63, 3.8) is 0 Å². The van der Waals surface area contributed by atoms with E-state index in [9.17, 15) is 28.8 Å². The van der Waals surface area contributed by atoms with E-state index in [1.807, 2.05) is 36.4 Å². The topological polar surface area (TPSA) is 102 Å². The van der Waals surface area contributed by atoms with Crippen molar-refractivity contribution < 1.29 is 28.8 Å². The van der Waals surface area contributed by atoms with Crippen LogP contribution in [0.4, 0.5) is 0 Å². The molecule has 0 amide bonds. The zero-order valence-corrected chi connectivity index (χ0v) is 35.0. The molecule has 10 aliphatic rings. The summed E-state index contributed by atoms with van der Waals surface area (Å²) in [5.41, 5.74) is 12.0. The van der Waals surface area contributed by atoms with Gasteiger partial charge in [-0.1, -0.05) is 66.7 Å². The highest BCUT2D eigenvalue weighted by Gasteiger charge is 2.55. The van der Waals surface area contributed by atoms with Gasteiger partial charge in [0.25, 0.3) is 0 Å². The summed E-state index contributed by atoms with van der Waals surface area (Å²) in [4.78, 5) is 83.0. The molecule has 7 atom stereocenters. The Morgan fingerprint density at radius 2 is 0.621 bits per heavy atom. The van der Waals surface area contributed by atoms with Gasteiger partial charge in [-0.2, -0.15) is 0 Å². The van der Waals surface area contributed by atoms with Crippen LogP contribution in [0.25, 0.3) is 59.9 Å². The van der Waals surface area contributed by atoms with Gasteiger partial charge in [0, 0.05) is 0 Å². The average Bonchev–Trinajstić information content (AvgIpc) is 3.32. The minimum atomic E-state index is -0.742. The van der Waals surface area contributed by atoms with E-state index in [-0.39, 0.29) is 29.1 Å². The lowest BCUT2D eigenvalue weighted by Gasteiger charge is -2.46. The summed E-state index contributed by atoms with van der Waals surface area (Å²) in [6, 6.07) is 45.6. The van der Waals surface area contributed by atoms with Gasteiger partial charge in [0.05, 0.1) is 35.5 Å². The van der Waals surface area contributed by atoms with E-state index in [1.54, 1.807) is 0 Å². The first-order valence-electron chi connectivity index (χ1n) is 22.8. The van der Waals surface area contributed by atoms with E-state index in [0.717, 1.165) is 126 Å². The number of Topliss-reactive ketones (excluding diaryl/α,β-unsaturated/α-hetero) is 6. The average molecular weight is 849 g/mol. The molecular weight excluding hydrogens is 817 g/mol. The molecule has 6 heteroatoms. The van der Waals surface area contributed by atoms with Crippen molar-refractivity contribution >= 4 is 94.6 Å². The third kappa shape index (κ3) is 4.16. The second-order valence-electron chi connectivity index (χ2n) is 19.8. The molecule has 66 heavy (non-hydrogen) atoms. The smallest absolute Gasteiger partial charge is 0.211 e. The van der Waals surface area contributed by atoms with Crippen LogP contribution in [-0.4, -0.2) is 34.7 Å². The van der Waals surface area contributed by atoms with Gasteiger partial charge in [0.2, 0.25) is 34.7 Å². The third-order valence-corrected chi connectivity index (χ3v) is 16.8. The molecule has 9 aromatic carbocycles. The number of rotatable bonds is 0. The first kappa shape index (κ1) is 35.4. The number of carbonyl (C=O) groups is 6. The van der Waals surface area contributed by atoms with E-state index < -0.39 is 47.1 Å². The minimum absolute atomic E-state index is 0.109. The fourth-order valence-electron chi connectivity index (χ4n) is 13.9. The maximum absolute atomic E-state index is 14.1. The molecule has 0 aromatic heterocycles. The lowest BCUT2D eigenvalue weighted by molar-refractivity contribution is -0.140. The minimum Gasteiger partial charge on any atom is -0.290 e. The Morgan fingerprint density at radius 3 is 1.03 bits per heavy atom. The summed E-state index contributed by atoms with van der Waals surface area (Å²) < 4.78 is 0. The quantitative estimate of drug-likeness (QED) is 0.111. The van der Waals surface area contributed by atoms with Crippen LogP contribution in [-0.2, 0) is 35.2 Å². The molecule has 1 saturated carbocycles. The van der Waals surface area contributed by atoms with Crippen molar-refractivity contribution in [2.45, 2.75) is 41.9 Å². The van der Waals surface area contributed by atoms with Crippen molar-refractivity contribution in [3.05, 3.63) is 206 Å². The predicted molar refractivity (Wildman–Crippen MR) is 251 cm³/mol. The number of carbonyl (C=O) groups excluding carboxylic acids is 6. The van der Waals surface area contributed by atoms with Gasteiger partial charge < -0.3 is 0 Å². The SMILES string of the molecule is O=C1C(=O)C2c3cc4ccccc4cc3C1C1=Cc3cc4cc5c(cc4cc3CC12)C1C(=O)C(=O)C5c2cc3cc4cc5c(cc4cc3cc21)C1C(=O)C(=O)C5c2cc3ccccc3cc21. The fraction of sp³-hybridized carbons (Fsp3) is 0.133. The fourth-order valence-corrected chi connectivity index (χ4v) is 13.9. The molecule has 19 rings (SSSR count). The largest absolute Gasteiger partial charge is 0.290 e. The lowest BCUT2D eigenvalue weighted by atomic mass is 9.55. The number of fused-ring (bicyclic) bond motifs is 9. The summed E-state index contributed by atoms with van der Waals surface area (Å²) in [5.74, 6) is -6.12. The first-order valence-corrected chi connectivity index (χ1v) is 22.8. The van der Waals surface area contributed by atoms with E-state index in [0.29, 0.717) is 6.42 Å². The molecule has 9 aromatic rings. The molecule has 1 fully saturated rings. The van der Waals surface area contributed by atoms with E-state index in [1.165, 1.54) is 0 Å². The third-order valence-electron chi connectivity index (χ3n) is 16.8.